The summed E-state index contributed by atoms with van der Waals surface area (Å²) in [4.78, 5) is 28.2. The lowest BCUT2D eigenvalue weighted by atomic mass is 10.2. The van der Waals surface area contributed by atoms with Crippen molar-refractivity contribution in [1.29, 1.82) is 0 Å². The summed E-state index contributed by atoms with van der Waals surface area (Å²) in [5.74, 6) is 1.59. The first-order valence-corrected chi connectivity index (χ1v) is 9.43. The van der Waals surface area contributed by atoms with Gasteiger partial charge in [-0.05, 0) is 18.6 Å². The first kappa shape index (κ1) is 17.9. The number of hydrogen-bond acceptors (Lipinski definition) is 6. The second-order valence-corrected chi connectivity index (χ2v) is 6.96. The van der Waals surface area contributed by atoms with Crippen LogP contribution in [0.3, 0.4) is 0 Å². The van der Waals surface area contributed by atoms with E-state index in [1.165, 1.54) is 0 Å². The summed E-state index contributed by atoms with van der Waals surface area (Å²) in [5.41, 5.74) is 0.999. The highest BCUT2D eigenvalue weighted by Crippen LogP contribution is 2.25. The summed E-state index contributed by atoms with van der Waals surface area (Å²) in [6.07, 6.45) is 2.62. The number of carbonyl (C=O) groups is 1. The van der Waals surface area contributed by atoms with Crippen molar-refractivity contribution in [2.75, 3.05) is 44.7 Å². The average molecular weight is 367 g/mol. The van der Waals surface area contributed by atoms with Gasteiger partial charge in [0.1, 0.15) is 5.82 Å². The zero-order valence-corrected chi connectivity index (χ0v) is 15.6. The van der Waals surface area contributed by atoms with Crippen molar-refractivity contribution < 1.29 is 9.53 Å². The first-order valence-electron chi connectivity index (χ1n) is 9.43. The van der Waals surface area contributed by atoms with Crippen LogP contribution in [0.5, 0.6) is 5.88 Å². The fourth-order valence-corrected chi connectivity index (χ4v) is 3.87. The molecule has 2 saturated heterocycles. The van der Waals surface area contributed by atoms with Crippen molar-refractivity contribution in [1.82, 2.24) is 19.8 Å². The largest absolute Gasteiger partial charge is 0.481 e. The molecule has 0 radical (unpaired) electrons. The minimum atomic E-state index is 0.000394. The third-order valence-corrected chi connectivity index (χ3v) is 5.35. The Morgan fingerprint density at radius 2 is 1.85 bits per heavy atom. The molecule has 2 fully saturated rings. The Morgan fingerprint density at radius 1 is 1.07 bits per heavy atom. The van der Waals surface area contributed by atoms with Crippen LogP contribution >= 0.6 is 0 Å². The van der Waals surface area contributed by atoms with E-state index in [9.17, 15) is 4.79 Å². The van der Waals surface area contributed by atoms with Crippen molar-refractivity contribution >= 4 is 11.6 Å². The summed E-state index contributed by atoms with van der Waals surface area (Å²) >= 11 is 0. The minimum Gasteiger partial charge on any atom is -0.481 e. The number of nitrogens with zero attached hydrogens (tertiary/aromatic N) is 5. The van der Waals surface area contributed by atoms with E-state index < -0.39 is 0 Å². The lowest BCUT2D eigenvalue weighted by Crippen LogP contribution is -2.52. The number of methoxy groups -OCH3 is 1. The summed E-state index contributed by atoms with van der Waals surface area (Å²) in [7, 11) is 1.61. The van der Waals surface area contributed by atoms with Gasteiger partial charge in [0.25, 0.3) is 0 Å². The molecular weight excluding hydrogens is 342 g/mol. The number of ether oxygens (including phenoxy) is 1. The van der Waals surface area contributed by atoms with E-state index in [1.54, 1.807) is 19.4 Å². The number of hydrogen-bond donors (Lipinski definition) is 0. The maximum Gasteiger partial charge on any atom is 0.244 e. The Morgan fingerprint density at radius 3 is 2.59 bits per heavy atom. The lowest BCUT2D eigenvalue weighted by Gasteiger charge is -2.36. The van der Waals surface area contributed by atoms with E-state index in [4.69, 9.17) is 4.74 Å². The monoisotopic (exact) mass is 367 g/mol. The minimum absolute atomic E-state index is 0.000394. The molecule has 3 heterocycles. The number of benzene rings is 1. The van der Waals surface area contributed by atoms with E-state index in [0.29, 0.717) is 12.4 Å². The van der Waals surface area contributed by atoms with E-state index in [1.807, 2.05) is 35.2 Å². The van der Waals surface area contributed by atoms with Gasteiger partial charge in [0.2, 0.25) is 11.8 Å². The zero-order valence-electron chi connectivity index (χ0n) is 15.6. The molecular formula is C20H25N5O2. The lowest BCUT2D eigenvalue weighted by molar-refractivity contribution is -0.122. The van der Waals surface area contributed by atoms with Gasteiger partial charge >= 0.3 is 0 Å². The van der Waals surface area contributed by atoms with Crippen LogP contribution in [-0.4, -0.2) is 71.6 Å². The highest BCUT2D eigenvalue weighted by Gasteiger charge is 2.37. The molecule has 2 aliphatic heterocycles. The predicted octanol–water partition coefficient (Wildman–Crippen LogP) is 1.41. The Balaban J connectivity index is 1.32. The Labute approximate surface area is 159 Å². The highest BCUT2D eigenvalue weighted by molar-refractivity contribution is 5.99. The van der Waals surface area contributed by atoms with Gasteiger partial charge in [-0.25, -0.2) is 4.98 Å². The molecule has 1 atom stereocenters. The van der Waals surface area contributed by atoms with Crippen LogP contribution in [0.4, 0.5) is 5.69 Å². The number of anilines is 1. The fourth-order valence-electron chi connectivity index (χ4n) is 3.87. The van der Waals surface area contributed by atoms with Gasteiger partial charge in [-0.3, -0.25) is 14.6 Å². The van der Waals surface area contributed by atoms with Crippen molar-refractivity contribution in [3.63, 3.8) is 0 Å². The third-order valence-electron chi connectivity index (χ3n) is 5.35. The quantitative estimate of drug-likeness (QED) is 0.796. The second-order valence-electron chi connectivity index (χ2n) is 6.96. The predicted molar refractivity (Wildman–Crippen MR) is 103 cm³/mol. The average Bonchev–Trinajstić information content (AvgIpc) is 3.11. The number of para-hydroxylation sites is 1. The Hall–Kier alpha value is -2.51. The van der Waals surface area contributed by atoms with Crippen LogP contribution in [0.2, 0.25) is 0 Å². The van der Waals surface area contributed by atoms with Crippen LogP contribution in [0, 0.1) is 0 Å². The summed E-state index contributed by atoms with van der Waals surface area (Å²) in [6, 6.07) is 11.7. The first-order chi connectivity index (χ1) is 13.2. The number of carbonyl (C=O) groups excluding carboxylic acids is 1. The van der Waals surface area contributed by atoms with Crippen molar-refractivity contribution in [3.8, 4) is 5.88 Å². The van der Waals surface area contributed by atoms with Gasteiger partial charge in [0.05, 0.1) is 19.7 Å². The molecule has 1 amide bonds. The Kier molecular flexibility index (Phi) is 5.31. The molecule has 2 aromatic rings. The van der Waals surface area contributed by atoms with Crippen LogP contribution in [0.25, 0.3) is 0 Å². The smallest absolute Gasteiger partial charge is 0.244 e. The second kappa shape index (κ2) is 8.02. The van der Waals surface area contributed by atoms with Crippen LogP contribution < -0.4 is 9.64 Å². The molecule has 2 aliphatic rings. The standard InChI is InChI=1S/C20H25N5O2/c1-27-19-7-9-21-18(22-19)15-23-11-13-24(14-12-23)17-8-10-25(20(17)26)16-5-3-2-4-6-16/h2-7,9,17H,8,10-15H2,1H3. The highest BCUT2D eigenvalue weighted by atomic mass is 16.5. The maximum atomic E-state index is 12.9. The van der Waals surface area contributed by atoms with Crippen LogP contribution in [0.15, 0.2) is 42.6 Å². The molecule has 4 rings (SSSR count). The summed E-state index contributed by atoms with van der Waals surface area (Å²) < 4.78 is 5.17. The molecule has 0 aliphatic carbocycles. The molecule has 1 aromatic heterocycles. The van der Waals surface area contributed by atoms with Crippen molar-refractivity contribution in [2.24, 2.45) is 0 Å². The molecule has 142 valence electrons. The molecule has 27 heavy (non-hydrogen) atoms. The van der Waals surface area contributed by atoms with Gasteiger partial charge in [0, 0.05) is 50.7 Å². The van der Waals surface area contributed by atoms with Gasteiger partial charge in [-0.2, -0.15) is 4.98 Å². The molecule has 1 unspecified atom stereocenters. The Bertz CT molecular complexity index is 777. The van der Waals surface area contributed by atoms with Gasteiger partial charge in [-0.15, -0.1) is 0 Å². The van der Waals surface area contributed by atoms with Gasteiger partial charge < -0.3 is 9.64 Å². The molecule has 7 heteroatoms. The summed E-state index contributed by atoms with van der Waals surface area (Å²) in [5, 5.41) is 0. The van der Waals surface area contributed by atoms with E-state index in [2.05, 4.69) is 19.8 Å². The van der Waals surface area contributed by atoms with Gasteiger partial charge in [-0.1, -0.05) is 18.2 Å². The molecule has 0 N–H and O–H groups in total. The third kappa shape index (κ3) is 3.94. The molecule has 0 spiro atoms. The topological polar surface area (TPSA) is 61.8 Å². The number of aromatic nitrogens is 2. The molecule has 1 aromatic carbocycles. The van der Waals surface area contributed by atoms with E-state index >= 15 is 0 Å². The van der Waals surface area contributed by atoms with Crippen LogP contribution in [-0.2, 0) is 11.3 Å². The SMILES string of the molecule is COc1ccnc(CN2CCN(C3CCN(c4ccccc4)C3=O)CC2)n1. The number of piperazine rings is 1. The molecule has 7 nitrogen and oxygen atoms in total. The van der Waals surface area contributed by atoms with Crippen molar-refractivity contribution in [2.45, 2.75) is 19.0 Å². The number of rotatable bonds is 5. The summed E-state index contributed by atoms with van der Waals surface area (Å²) in [6.45, 7) is 5.11. The van der Waals surface area contributed by atoms with E-state index in [-0.39, 0.29) is 11.9 Å². The van der Waals surface area contributed by atoms with Crippen molar-refractivity contribution in [3.05, 3.63) is 48.4 Å². The normalized spacial score (nSPS) is 21.6. The molecule has 0 bridgehead atoms. The fraction of sp³-hybridized carbons (Fsp3) is 0.450. The number of amides is 1. The van der Waals surface area contributed by atoms with Crippen LogP contribution in [0.1, 0.15) is 12.2 Å². The zero-order chi connectivity index (χ0) is 18.6. The molecule has 0 saturated carbocycles. The van der Waals surface area contributed by atoms with Gasteiger partial charge in [0.15, 0.2) is 0 Å². The van der Waals surface area contributed by atoms with E-state index in [0.717, 1.165) is 50.7 Å². The maximum absolute atomic E-state index is 12.9.